The second-order valence-corrected chi connectivity index (χ2v) is 9.49. The maximum Gasteiger partial charge on any atom is 0.250 e. The minimum atomic E-state index is -0.552. The van der Waals surface area contributed by atoms with Crippen LogP contribution in [0, 0.1) is 11.8 Å². The van der Waals surface area contributed by atoms with Crippen molar-refractivity contribution >= 4 is 17.7 Å². The molecule has 1 aromatic carbocycles. The van der Waals surface area contributed by atoms with E-state index in [1.54, 1.807) is 4.90 Å². The number of nitrogens with zero attached hydrogens (tertiary/aromatic N) is 3. The number of hydrogen-bond acceptors (Lipinski definition) is 3. The van der Waals surface area contributed by atoms with Gasteiger partial charge in [0.1, 0.15) is 6.04 Å². The highest BCUT2D eigenvalue weighted by molar-refractivity contribution is 5.89. The van der Waals surface area contributed by atoms with Gasteiger partial charge in [0.25, 0.3) is 0 Å². The molecule has 2 unspecified atom stereocenters. The molecule has 0 spiro atoms. The molecular formula is C25H35N3O3. The summed E-state index contributed by atoms with van der Waals surface area (Å²) in [7, 11) is 0. The first-order valence-electron chi connectivity index (χ1n) is 12.0. The van der Waals surface area contributed by atoms with Crippen LogP contribution in [-0.4, -0.2) is 65.1 Å². The fraction of sp³-hybridized carbons (Fsp3) is 0.640. The van der Waals surface area contributed by atoms with E-state index in [9.17, 15) is 14.4 Å². The zero-order valence-corrected chi connectivity index (χ0v) is 18.7. The van der Waals surface area contributed by atoms with Crippen LogP contribution >= 0.6 is 0 Å². The first kappa shape index (κ1) is 21.8. The van der Waals surface area contributed by atoms with E-state index >= 15 is 0 Å². The van der Waals surface area contributed by atoms with Crippen LogP contribution in [-0.2, 0) is 14.4 Å². The predicted molar refractivity (Wildman–Crippen MR) is 119 cm³/mol. The standard InChI is InChI=1S/C25H35N3O3/c1-19-8-7-14-27(18-19)24(30)21-12-16-26(17-13-21)25(31)23(20-9-3-2-4-10-20)28-15-6-5-11-22(28)29/h2-4,9-10,19,21,23H,5-8,11-18H2,1H3. The van der Waals surface area contributed by atoms with E-state index < -0.39 is 6.04 Å². The number of likely N-dealkylation sites (tertiary alicyclic amines) is 3. The van der Waals surface area contributed by atoms with Crippen LogP contribution in [0.4, 0.5) is 0 Å². The molecule has 2 atom stereocenters. The Morgan fingerprint density at radius 1 is 0.903 bits per heavy atom. The lowest BCUT2D eigenvalue weighted by molar-refractivity contribution is -0.150. The number of benzene rings is 1. The second kappa shape index (κ2) is 9.84. The average Bonchev–Trinajstić information content (AvgIpc) is 2.81. The van der Waals surface area contributed by atoms with Crippen LogP contribution in [0.25, 0.3) is 0 Å². The van der Waals surface area contributed by atoms with Crippen molar-refractivity contribution in [1.82, 2.24) is 14.7 Å². The third-order valence-electron chi connectivity index (χ3n) is 7.15. The minimum absolute atomic E-state index is 0.000978. The van der Waals surface area contributed by atoms with Crippen molar-refractivity contribution in [2.24, 2.45) is 11.8 Å². The van der Waals surface area contributed by atoms with Gasteiger partial charge in [0.15, 0.2) is 0 Å². The van der Waals surface area contributed by atoms with Gasteiger partial charge in [-0.2, -0.15) is 0 Å². The molecular weight excluding hydrogens is 390 g/mol. The van der Waals surface area contributed by atoms with E-state index in [-0.39, 0.29) is 23.6 Å². The highest BCUT2D eigenvalue weighted by atomic mass is 16.2. The van der Waals surface area contributed by atoms with Crippen molar-refractivity contribution < 1.29 is 14.4 Å². The monoisotopic (exact) mass is 425 g/mol. The van der Waals surface area contributed by atoms with Crippen LogP contribution in [0.3, 0.4) is 0 Å². The quantitative estimate of drug-likeness (QED) is 0.744. The van der Waals surface area contributed by atoms with Crippen molar-refractivity contribution in [3.05, 3.63) is 35.9 Å². The molecule has 0 aromatic heterocycles. The molecule has 3 amide bonds. The van der Waals surface area contributed by atoms with Gasteiger partial charge in [-0.25, -0.2) is 0 Å². The lowest BCUT2D eigenvalue weighted by Crippen LogP contribution is -2.51. The van der Waals surface area contributed by atoms with Gasteiger partial charge >= 0.3 is 0 Å². The van der Waals surface area contributed by atoms with Crippen molar-refractivity contribution in [1.29, 1.82) is 0 Å². The SMILES string of the molecule is CC1CCCN(C(=O)C2CCN(C(=O)C(c3ccccc3)N3CCCCC3=O)CC2)C1. The average molecular weight is 426 g/mol. The fourth-order valence-corrected chi connectivity index (χ4v) is 5.36. The minimum Gasteiger partial charge on any atom is -0.342 e. The van der Waals surface area contributed by atoms with E-state index in [0.717, 1.165) is 37.9 Å². The van der Waals surface area contributed by atoms with E-state index in [1.807, 2.05) is 40.1 Å². The van der Waals surface area contributed by atoms with Gasteiger partial charge in [-0.15, -0.1) is 0 Å². The molecule has 4 rings (SSSR count). The number of rotatable bonds is 4. The van der Waals surface area contributed by atoms with Crippen molar-refractivity contribution in [3.63, 3.8) is 0 Å². The Labute approximate surface area is 185 Å². The Hall–Kier alpha value is -2.37. The molecule has 168 valence electrons. The summed E-state index contributed by atoms with van der Waals surface area (Å²) in [6.07, 6.45) is 6.07. The summed E-state index contributed by atoms with van der Waals surface area (Å²) in [6, 6.07) is 9.12. The van der Waals surface area contributed by atoms with E-state index in [2.05, 4.69) is 6.92 Å². The molecule has 3 fully saturated rings. The molecule has 0 saturated carbocycles. The smallest absolute Gasteiger partial charge is 0.250 e. The van der Waals surface area contributed by atoms with Gasteiger partial charge in [-0.1, -0.05) is 37.3 Å². The Bertz CT molecular complexity index is 788. The third kappa shape index (κ3) is 4.94. The van der Waals surface area contributed by atoms with Crippen LogP contribution in [0.1, 0.15) is 63.5 Å². The van der Waals surface area contributed by atoms with Crippen LogP contribution < -0.4 is 0 Å². The summed E-state index contributed by atoms with van der Waals surface area (Å²) >= 11 is 0. The van der Waals surface area contributed by atoms with E-state index in [0.29, 0.717) is 44.8 Å². The maximum absolute atomic E-state index is 13.6. The van der Waals surface area contributed by atoms with E-state index in [4.69, 9.17) is 0 Å². The first-order valence-corrected chi connectivity index (χ1v) is 12.0. The molecule has 3 aliphatic rings. The summed E-state index contributed by atoms with van der Waals surface area (Å²) in [4.78, 5) is 44.9. The zero-order valence-electron chi connectivity index (χ0n) is 18.7. The van der Waals surface area contributed by atoms with Crippen LogP contribution in [0.5, 0.6) is 0 Å². The molecule has 0 radical (unpaired) electrons. The highest BCUT2D eigenvalue weighted by Crippen LogP contribution is 2.30. The summed E-state index contributed by atoms with van der Waals surface area (Å²) in [5.41, 5.74) is 0.878. The molecule has 0 bridgehead atoms. The van der Waals surface area contributed by atoms with Crippen molar-refractivity contribution in [2.75, 3.05) is 32.7 Å². The second-order valence-electron chi connectivity index (χ2n) is 9.49. The van der Waals surface area contributed by atoms with Crippen molar-refractivity contribution in [3.8, 4) is 0 Å². The van der Waals surface area contributed by atoms with Crippen LogP contribution in [0.15, 0.2) is 30.3 Å². The molecule has 1 aromatic rings. The summed E-state index contributed by atoms with van der Waals surface area (Å²) in [5, 5.41) is 0. The Kier molecular flexibility index (Phi) is 6.93. The Balaban J connectivity index is 1.43. The van der Waals surface area contributed by atoms with Gasteiger partial charge in [-0.05, 0) is 50.0 Å². The van der Waals surface area contributed by atoms with Crippen LogP contribution in [0.2, 0.25) is 0 Å². The van der Waals surface area contributed by atoms with Gasteiger partial charge in [0.2, 0.25) is 17.7 Å². The summed E-state index contributed by atoms with van der Waals surface area (Å²) in [6.45, 7) is 5.76. The molecule has 3 saturated heterocycles. The summed E-state index contributed by atoms with van der Waals surface area (Å²) in [5.74, 6) is 0.926. The van der Waals surface area contributed by atoms with Crippen molar-refractivity contribution in [2.45, 2.75) is 57.9 Å². The molecule has 6 heteroatoms. The fourth-order valence-electron chi connectivity index (χ4n) is 5.36. The number of amides is 3. The highest BCUT2D eigenvalue weighted by Gasteiger charge is 2.38. The van der Waals surface area contributed by atoms with Gasteiger partial charge < -0.3 is 14.7 Å². The van der Waals surface area contributed by atoms with E-state index in [1.165, 1.54) is 6.42 Å². The van der Waals surface area contributed by atoms with Gasteiger partial charge in [0.05, 0.1) is 0 Å². The molecule has 0 N–H and O–H groups in total. The third-order valence-corrected chi connectivity index (χ3v) is 7.15. The molecule has 3 aliphatic heterocycles. The van der Waals surface area contributed by atoms with Gasteiger partial charge in [0, 0.05) is 45.1 Å². The van der Waals surface area contributed by atoms with Gasteiger partial charge in [-0.3, -0.25) is 14.4 Å². The lowest BCUT2D eigenvalue weighted by Gasteiger charge is -2.40. The molecule has 31 heavy (non-hydrogen) atoms. The molecule has 0 aliphatic carbocycles. The maximum atomic E-state index is 13.6. The Morgan fingerprint density at radius 3 is 2.32 bits per heavy atom. The topological polar surface area (TPSA) is 60.9 Å². The Morgan fingerprint density at radius 2 is 1.65 bits per heavy atom. The summed E-state index contributed by atoms with van der Waals surface area (Å²) < 4.78 is 0. The number of hydrogen-bond donors (Lipinski definition) is 0. The number of carbonyl (C=O) groups excluding carboxylic acids is 3. The normalized spacial score (nSPS) is 24.2. The number of carbonyl (C=O) groups is 3. The zero-order chi connectivity index (χ0) is 21.8. The molecule has 3 heterocycles. The predicted octanol–water partition coefficient (Wildman–Crippen LogP) is 3.24. The first-order chi connectivity index (χ1) is 15.0. The largest absolute Gasteiger partial charge is 0.342 e. The number of piperidine rings is 3. The lowest BCUT2D eigenvalue weighted by atomic mass is 9.92. The molecule has 6 nitrogen and oxygen atoms in total.